The van der Waals surface area contributed by atoms with Gasteiger partial charge in [-0.2, -0.15) is 18.3 Å². The Bertz CT molecular complexity index is 1120. The average molecular weight is 491 g/mol. The first-order chi connectivity index (χ1) is 14.9. The summed E-state index contributed by atoms with van der Waals surface area (Å²) in [6.45, 7) is 0.184. The summed E-state index contributed by atoms with van der Waals surface area (Å²) >= 11 is 11.9. The molecule has 2 aromatic rings. The van der Waals surface area contributed by atoms with E-state index in [4.69, 9.17) is 27.9 Å². The molecule has 1 aromatic heterocycles. The molecule has 12 heteroatoms. The van der Waals surface area contributed by atoms with Crippen molar-refractivity contribution in [2.75, 3.05) is 11.9 Å². The summed E-state index contributed by atoms with van der Waals surface area (Å²) in [5.41, 5.74) is -0.741. The molecule has 5 rings (SSSR count). The van der Waals surface area contributed by atoms with Gasteiger partial charge in [0.15, 0.2) is 6.61 Å². The van der Waals surface area contributed by atoms with Gasteiger partial charge in [-0.1, -0.05) is 23.2 Å². The van der Waals surface area contributed by atoms with Crippen LogP contribution >= 0.6 is 23.2 Å². The van der Waals surface area contributed by atoms with Gasteiger partial charge in [0.2, 0.25) is 0 Å². The van der Waals surface area contributed by atoms with Crippen LogP contribution in [0.3, 0.4) is 0 Å². The zero-order valence-electron chi connectivity index (χ0n) is 16.9. The van der Waals surface area contributed by atoms with Gasteiger partial charge >= 0.3 is 6.18 Å². The van der Waals surface area contributed by atoms with Crippen molar-refractivity contribution in [3.05, 3.63) is 50.4 Å². The Morgan fingerprint density at radius 2 is 1.94 bits per heavy atom. The number of amides is 1. The van der Waals surface area contributed by atoms with Crippen molar-refractivity contribution < 1.29 is 22.7 Å². The van der Waals surface area contributed by atoms with Gasteiger partial charge in [0.25, 0.3) is 11.5 Å². The van der Waals surface area contributed by atoms with Crippen LogP contribution in [0.2, 0.25) is 10.0 Å². The number of hydrogen-bond acceptors (Lipinski definition) is 5. The minimum Gasteiger partial charge on any atom is -0.484 e. The molecule has 172 valence electrons. The number of halogens is 5. The fourth-order valence-corrected chi connectivity index (χ4v) is 4.67. The smallest absolute Gasteiger partial charge is 0.408 e. The fraction of sp³-hybridized carbons (Fsp3) is 0.450. The zero-order chi connectivity index (χ0) is 23.3. The molecule has 2 N–H and O–H groups in total. The number of ether oxygens (including phenoxy) is 1. The molecule has 3 fully saturated rings. The minimum absolute atomic E-state index is 0.142. The van der Waals surface area contributed by atoms with Gasteiger partial charge in [-0.25, -0.2) is 4.68 Å². The first kappa shape index (κ1) is 22.7. The van der Waals surface area contributed by atoms with Gasteiger partial charge in [-0.15, -0.1) is 0 Å². The third kappa shape index (κ3) is 4.52. The number of carbonyl (C=O) groups is 1. The molecule has 3 saturated carbocycles. The number of carbonyl (C=O) groups excluding carboxylic acids is 1. The highest BCUT2D eigenvalue weighted by Crippen LogP contribution is 2.61. The van der Waals surface area contributed by atoms with Crippen LogP contribution in [-0.2, 0) is 11.3 Å². The van der Waals surface area contributed by atoms with E-state index in [1.54, 1.807) is 18.2 Å². The van der Waals surface area contributed by atoms with Crippen molar-refractivity contribution in [1.29, 1.82) is 0 Å². The molecule has 1 aromatic carbocycles. The van der Waals surface area contributed by atoms with E-state index < -0.39 is 18.3 Å². The molecule has 0 saturated heterocycles. The quantitative estimate of drug-likeness (QED) is 0.617. The van der Waals surface area contributed by atoms with Gasteiger partial charge in [-0.05, 0) is 49.9 Å². The Hall–Kier alpha value is -2.46. The molecule has 1 heterocycles. The maximum Gasteiger partial charge on any atom is 0.408 e. The topological polar surface area (TPSA) is 85.2 Å². The highest BCUT2D eigenvalue weighted by Gasteiger charge is 2.68. The summed E-state index contributed by atoms with van der Waals surface area (Å²) in [5, 5.41) is 9.88. The molecule has 0 radical (unpaired) electrons. The first-order valence-electron chi connectivity index (χ1n) is 9.70. The van der Waals surface area contributed by atoms with Gasteiger partial charge < -0.3 is 15.4 Å². The lowest BCUT2D eigenvalue weighted by Gasteiger charge is -2.70. The summed E-state index contributed by atoms with van der Waals surface area (Å²) < 4.78 is 43.3. The first-order valence-corrected chi connectivity index (χ1v) is 10.5. The van der Waals surface area contributed by atoms with Crippen molar-refractivity contribution in [3.63, 3.8) is 0 Å². The third-order valence-electron chi connectivity index (χ3n) is 5.65. The lowest BCUT2D eigenvalue weighted by Crippen LogP contribution is -2.81. The van der Waals surface area contributed by atoms with Crippen LogP contribution in [0, 0.1) is 6.92 Å². The van der Waals surface area contributed by atoms with Crippen LogP contribution in [0.1, 0.15) is 24.8 Å². The van der Waals surface area contributed by atoms with Crippen LogP contribution in [0.4, 0.5) is 18.9 Å². The Morgan fingerprint density at radius 1 is 1.25 bits per heavy atom. The van der Waals surface area contributed by atoms with E-state index in [2.05, 4.69) is 15.7 Å². The van der Waals surface area contributed by atoms with E-state index in [0.29, 0.717) is 30.0 Å². The highest BCUT2D eigenvalue weighted by molar-refractivity contribution is 6.33. The third-order valence-corrected chi connectivity index (χ3v) is 6.44. The summed E-state index contributed by atoms with van der Waals surface area (Å²) in [4.78, 5) is 24.3. The van der Waals surface area contributed by atoms with Crippen LogP contribution in [0.15, 0.2) is 29.2 Å². The van der Waals surface area contributed by atoms with Gasteiger partial charge in [-0.3, -0.25) is 9.59 Å². The van der Waals surface area contributed by atoms with Crippen LogP contribution in [-0.4, -0.2) is 39.5 Å². The molecule has 3 aliphatic rings. The van der Waals surface area contributed by atoms with E-state index in [1.165, 1.54) is 0 Å². The molecule has 0 unspecified atom stereocenters. The number of aryl methyl sites for hydroxylation is 1. The largest absolute Gasteiger partial charge is 0.484 e. The van der Waals surface area contributed by atoms with Crippen LogP contribution in [0.5, 0.6) is 5.75 Å². The molecule has 1 amide bonds. The summed E-state index contributed by atoms with van der Waals surface area (Å²) in [5.74, 6) is 0.278. The molecular weight excluding hydrogens is 472 g/mol. The molecule has 0 aliphatic heterocycles. The predicted octanol–water partition coefficient (Wildman–Crippen LogP) is 3.70. The number of anilines is 1. The van der Waals surface area contributed by atoms with Crippen LogP contribution < -0.4 is 20.9 Å². The average Bonchev–Trinajstić information content (AvgIpc) is 2.64. The van der Waals surface area contributed by atoms with E-state index in [9.17, 15) is 22.8 Å². The summed E-state index contributed by atoms with van der Waals surface area (Å²) in [7, 11) is 0. The second kappa shape index (κ2) is 7.84. The molecule has 2 bridgehead atoms. The number of benzene rings is 1. The number of nitrogens with zero attached hydrogens (tertiary/aromatic N) is 2. The van der Waals surface area contributed by atoms with Crippen molar-refractivity contribution in [2.45, 2.75) is 50.0 Å². The molecule has 3 aliphatic carbocycles. The molecule has 0 atom stereocenters. The number of nitrogens with one attached hydrogen (secondary N) is 2. The Kier molecular flexibility index (Phi) is 5.57. The number of hydrogen-bond donors (Lipinski definition) is 2. The van der Waals surface area contributed by atoms with Crippen molar-refractivity contribution in [1.82, 2.24) is 15.1 Å². The second-order valence-electron chi connectivity index (χ2n) is 8.41. The minimum atomic E-state index is -4.58. The van der Waals surface area contributed by atoms with Gasteiger partial charge in [0, 0.05) is 16.1 Å². The van der Waals surface area contributed by atoms with Crippen molar-refractivity contribution in [3.8, 4) is 5.75 Å². The maximum atomic E-state index is 12.5. The summed E-state index contributed by atoms with van der Waals surface area (Å²) in [6, 6.07) is 5.13. The molecule has 7 nitrogen and oxygen atoms in total. The maximum absolute atomic E-state index is 12.5. The highest BCUT2D eigenvalue weighted by atomic mass is 35.5. The van der Waals surface area contributed by atoms with E-state index in [0.717, 1.165) is 11.8 Å². The Morgan fingerprint density at radius 3 is 2.56 bits per heavy atom. The number of aromatic nitrogens is 2. The van der Waals surface area contributed by atoms with Gasteiger partial charge in [0.1, 0.15) is 17.3 Å². The lowest BCUT2D eigenvalue weighted by atomic mass is 9.44. The summed E-state index contributed by atoms with van der Waals surface area (Å²) in [6.07, 6.45) is -1.69. The van der Waals surface area contributed by atoms with Crippen molar-refractivity contribution >= 4 is 34.8 Å². The second-order valence-corrected chi connectivity index (χ2v) is 9.20. The zero-order valence-corrected chi connectivity index (χ0v) is 18.4. The van der Waals surface area contributed by atoms with E-state index in [1.807, 2.05) is 6.92 Å². The fourth-order valence-electron chi connectivity index (χ4n) is 4.36. The predicted molar refractivity (Wildman–Crippen MR) is 112 cm³/mol. The number of alkyl halides is 3. The standard InChI is InChI=1S/C20H19Cl2F3N4O3/c1-11-4-12(2-3-13(11)21)32-6-15(30)28-19-7-18(8-19,9-19)27-14-5-26-29(10-20(23,24)25)17(31)16(14)22/h2-5,27H,6-10H2,1H3,(H,28,30). The van der Waals surface area contributed by atoms with Crippen molar-refractivity contribution in [2.24, 2.45) is 0 Å². The lowest BCUT2D eigenvalue weighted by molar-refractivity contribution is -0.143. The number of rotatable bonds is 7. The molecule has 32 heavy (non-hydrogen) atoms. The Labute approximate surface area is 190 Å². The normalized spacial score (nSPS) is 23.7. The molecular formula is C20H19Cl2F3N4O3. The van der Waals surface area contributed by atoms with E-state index in [-0.39, 0.29) is 39.0 Å². The van der Waals surface area contributed by atoms with Crippen LogP contribution in [0.25, 0.3) is 0 Å². The van der Waals surface area contributed by atoms with Gasteiger partial charge in [0.05, 0.1) is 11.9 Å². The van der Waals surface area contributed by atoms with E-state index >= 15 is 0 Å². The SMILES string of the molecule is Cc1cc(OCC(=O)NC23CC(Nc4cnn(CC(F)(F)F)c(=O)c4Cl)(C2)C3)ccc1Cl. The Balaban J connectivity index is 1.29. The molecule has 0 spiro atoms. The monoisotopic (exact) mass is 490 g/mol.